The number of allylic oxidation sites excluding steroid dienone is 4. The van der Waals surface area contributed by atoms with E-state index in [1.165, 1.54) is 16.7 Å². The Morgan fingerprint density at radius 1 is 0.700 bits per heavy atom. The molecule has 0 bridgehead atoms. The summed E-state index contributed by atoms with van der Waals surface area (Å²) >= 11 is 0. The SMILES string of the molecule is CC.CC1=CC(C)C(C(C)(C)c2ccc(Oc3ccc(S(=O)(=O)c4ccc(OC(C)C)cc4)cc3)cc2)=CC1C. The highest BCUT2D eigenvalue weighted by Crippen LogP contribution is 2.41. The molecule has 2 atom stereocenters. The number of hydrogen-bond acceptors (Lipinski definition) is 4. The second kappa shape index (κ2) is 12.9. The molecular weight excluding hydrogens is 516 g/mol. The van der Waals surface area contributed by atoms with Crippen LogP contribution in [-0.2, 0) is 15.3 Å². The van der Waals surface area contributed by atoms with Crippen molar-refractivity contribution in [2.24, 2.45) is 11.8 Å². The molecule has 4 nitrogen and oxygen atoms in total. The average molecular weight is 561 g/mol. The summed E-state index contributed by atoms with van der Waals surface area (Å²) in [4.78, 5) is 0.441. The van der Waals surface area contributed by atoms with Crippen LogP contribution in [0, 0.1) is 11.8 Å². The van der Waals surface area contributed by atoms with Crippen molar-refractivity contribution in [3.63, 3.8) is 0 Å². The summed E-state index contributed by atoms with van der Waals surface area (Å²) in [5.74, 6) is 2.78. The first-order chi connectivity index (χ1) is 18.9. The van der Waals surface area contributed by atoms with Crippen molar-refractivity contribution in [2.75, 3.05) is 0 Å². The molecule has 1 aliphatic rings. The van der Waals surface area contributed by atoms with Crippen LogP contribution in [0.15, 0.2) is 106 Å². The van der Waals surface area contributed by atoms with E-state index < -0.39 is 9.84 Å². The smallest absolute Gasteiger partial charge is 0.206 e. The van der Waals surface area contributed by atoms with Gasteiger partial charge in [-0.15, -0.1) is 0 Å². The highest BCUT2D eigenvalue weighted by molar-refractivity contribution is 7.91. The van der Waals surface area contributed by atoms with Crippen LogP contribution in [0.5, 0.6) is 17.2 Å². The molecule has 2 unspecified atom stereocenters. The average Bonchev–Trinajstić information content (AvgIpc) is 2.92. The molecule has 0 aromatic heterocycles. The topological polar surface area (TPSA) is 52.6 Å². The van der Waals surface area contributed by atoms with E-state index in [2.05, 4.69) is 58.9 Å². The van der Waals surface area contributed by atoms with Gasteiger partial charge in [-0.1, -0.05) is 77.0 Å². The first-order valence-corrected chi connectivity index (χ1v) is 15.7. The highest BCUT2D eigenvalue weighted by atomic mass is 32.2. The monoisotopic (exact) mass is 560 g/mol. The maximum Gasteiger partial charge on any atom is 0.206 e. The number of rotatable bonds is 8. The fourth-order valence-corrected chi connectivity index (χ4v) is 6.26. The summed E-state index contributed by atoms with van der Waals surface area (Å²) in [5.41, 5.74) is 3.99. The van der Waals surface area contributed by atoms with Crippen molar-refractivity contribution in [1.29, 1.82) is 0 Å². The van der Waals surface area contributed by atoms with Crippen molar-refractivity contribution >= 4 is 9.84 Å². The molecule has 214 valence electrons. The number of hydrogen-bond donors (Lipinski definition) is 0. The van der Waals surface area contributed by atoms with E-state index in [9.17, 15) is 8.42 Å². The van der Waals surface area contributed by atoms with Gasteiger partial charge in [0.25, 0.3) is 0 Å². The van der Waals surface area contributed by atoms with Gasteiger partial charge in [0.1, 0.15) is 17.2 Å². The Balaban J connectivity index is 0.00000216. The van der Waals surface area contributed by atoms with Crippen LogP contribution >= 0.6 is 0 Å². The summed E-state index contributed by atoms with van der Waals surface area (Å²) in [6, 6.07) is 21.2. The van der Waals surface area contributed by atoms with Gasteiger partial charge in [-0.2, -0.15) is 0 Å². The molecule has 0 radical (unpaired) electrons. The van der Waals surface area contributed by atoms with Crippen LogP contribution in [0.3, 0.4) is 0 Å². The lowest BCUT2D eigenvalue weighted by atomic mass is 9.69. The van der Waals surface area contributed by atoms with Crippen molar-refractivity contribution in [3.8, 4) is 17.2 Å². The van der Waals surface area contributed by atoms with Crippen molar-refractivity contribution in [1.82, 2.24) is 0 Å². The Bertz CT molecular complexity index is 1430. The van der Waals surface area contributed by atoms with Crippen LogP contribution in [0.4, 0.5) is 0 Å². The molecule has 0 saturated heterocycles. The van der Waals surface area contributed by atoms with Crippen LogP contribution in [0.2, 0.25) is 0 Å². The largest absolute Gasteiger partial charge is 0.491 e. The van der Waals surface area contributed by atoms with E-state index in [1.807, 2.05) is 39.8 Å². The summed E-state index contributed by atoms with van der Waals surface area (Å²) in [5, 5.41) is 0. The molecule has 5 heteroatoms. The van der Waals surface area contributed by atoms with Crippen LogP contribution < -0.4 is 9.47 Å². The van der Waals surface area contributed by atoms with E-state index >= 15 is 0 Å². The summed E-state index contributed by atoms with van der Waals surface area (Å²) < 4.78 is 37.8. The third-order valence-corrected chi connectivity index (χ3v) is 9.11. The molecule has 0 aliphatic heterocycles. The van der Waals surface area contributed by atoms with E-state index in [0.29, 0.717) is 29.1 Å². The molecule has 0 saturated carbocycles. The lowest BCUT2D eigenvalue weighted by molar-refractivity contribution is 0.242. The fraction of sp³-hybridized carbons (Fsp3) is 0.371. The Morgan fingerprint density at radius 2 is 1.15 bits per heavy atom. The number of ether oxygens (including phenoxy) is 2. The quantitative estimate of drug-likeness (QED) is 0.257. The van der Waals surface area contributed by atoms with E-state index in [0.717, 1.165) is 0 Å². The van der Waals surface area contributed by atoms with Crippen molar-refractivity contribution in [2.45, 2.75) is 83.6 Å². The third-order valence-electron chi connectivity index (χ3n) is 7.32. The predicted molar refractivity (Wildman–Crippen MR) is 165 cm³/mol. The molecule has 40 heavy (non-hydrogen) atoms. The van der Waals surface area contributed by atoms with E-state index in [-0.39, 0.29) is 21.3 Å². The van der Waals surface area contributed by atoms with Gasteiger partial charge in [0.2, 0.25) is 9.84 Å². The number of benzene rings is 3. The summed E-state index contributed by atoms with van der Waals surface area (Å²) in [6.45, 7) is 19.1. The Hall–Kier alpha value is -3.31. The molecule has 0 heterocycles. The van der Waals surface area contributed by atoms with Gasteiger partial charge >= 0.3 is 0 Å². The molecule has 3 aromatic carbocycles. The molecule has 0 N–H and O–H groups in total. The minimum Gasteiger partial charge on any atom is -0.491 e. The molecule has 3 aromatic rings. The zero-order valence-corrected chi connectivity index (χ0v) is 26.2. The second-order valence-electron chi connectivity index (χ2n) is 11.0. The molecule has 0 spiro atoms. The van der Waals surface area contributed by atoms with Crippen molar-refractivity contribution in [3.05, 3.63) is 102 Å². The summed E-state index contributed by atoms with van der Waals surface area (Å²) in [7, 11) is -3.64. The zero-order chi connectivity index (χ0) is 29.7. The zero-order valence-electron chi connectivity index (χ0n) is 25.4. The van der Waals surface area contributed by atoms with Gasteiger partial charge in [0.15, 0.2) is 0 Å². The number of sulfone groups is 1. The normalized spacial score (nSPS) is 17.4. The lowest BCUT2D eigenvalue weighted by Gasteiger charge is -2.35. The maximum atomic E-state index is 13.1. The van der Waals surface area contributed by atoms with Gasteiger partial charge < -0.3 is 9.47 Å². The molecular formula is C35H44O4S. The molecule has 0 fully saturated rings. The van der Waals surface area contributed by atoms with Crippen molar-refractivity contribution < 1.29 is 17.9 Å². The second-order valence-corrected chi connectivity index (χ2v) is 12.9. The van der Waals surface area contributed by atoms with Crippen LogP contribution in [0.25, 0.3) is 0 Å². The van der Waals surface area contributed by atoms with Crippen LogP contribution in [-0.4, -0.2) is 14.5 Å². The first-order valence-electron chi connectivity index (χ1n) is 14.2. The standard InChI is InChI=1S/C33H38O4S.C2H6/c1-22(2)36-27-12-16-30(17-13-27)38(34,35)31-18-14-29(15-19-31)37-28-10-8-26(9-11-28)33(6,7)32-21-24(4)23(3)20-25(32)5;1-2/h8-22,24-25H,1-7H3;1-2H3. The minimum atomic E-state index is -3.64. The van der Waals surface area contributed by atoms with Crippen LogP contribution in [0.1, 0.15) is 67.9 Å². The Morgan fingerprint density at radius 3 is 1.62 bits per heavy atom. The molecule has 0 amide bonds. The van der Waals surface area contributed by atoms with E-state index in [1.54, 1.807) is 48.5 Å². The van der Waals surface area contributed by atoms with E-state index in [4.69, 9.17) is 9.47 Å². The maximum absolute atomic E-state index is 13.1. The highest BCUT2D eigenvalue weighted by Gasteiger charge is 2.31. The third kappa shape index (κ3) is 7.06. The fourth-order valence-electron chi connectivity index (χ4n) is 5.00. The minimum absolute atomic E-state index is 0.0243. The molecule has 1 aliphatic carbocycles. The van der Waals surface area contributed by atoms with Gasteiger partial charge in [-0.3, -0.25) is 0 Å². The summed E-state index contributed by atoms with van der Waals surface area (Å²) in [6.07, 6.45) is 4.81. The Labute approximate surface area is 241 Å². The van der Waals surface area contributed by atoms with Gasteiger partial charge in [-0.05, 0) is 98.8 Å². The predicted octanol–water partition coefficient (Wildman–Crippen LogP) is 9.56. The first kappa shape index (κ1) is 31.2. The Kier molecular flexibility index (Phi) is 10.1. The lowest BCUT2D eigenvalue weighted by Crippen LogP contribution is -2.26. The van der Waals surface area contributed by atoms with Gasteiger partial charge in [0, 0.05) is 5.41 Å². The van der Waals surface area contributed by atoms with Gasteiger partial charge in [-0.25, -0.2) is 8.42 Å². The van der Waals surface area contributed by atoms with Gasteiger partial charge in [0.05, 0.1) is 15.9 Å². The molecule has 4 rings (SSSR count).